The van der Waals surface area contributed by atoms with Crippen LogP contribution in [-0.2, 0) is 0 Å². The summed E-state index contributed by atoms with van der Waals surface area (Å²) in [6.45, 7) is 2.81. The molecule has 1 saturated heterocycles. The van der Waals surface area contributed by atoms with Crippen LogP contribution in [0.25, 0.3) is 10.9 Å². The Kier molecular flexibility index (Phi) is 4.53. The molecule has 0 saturated carbocycles. The van der Waals surface area contributed by atoms with Gasteiger partial charge in [-0.1, -0.05) is 0 Å². The standard InChI is InChI=1S/C17H18N6O2S/c1-25-15-13-10-12(2-3-14(13)19-11-20-15)22-5-7-23(8-6-22)17(24)21-16-18-4-9-26-16/h2-4,9-11H,5-8H2,1H3,(H,18,21,24). The van der Waals surface area contributed by atoms with Gasteiger partial charge in [-0.15, -0.1) is 11.3 Å². The predicted octanol–water partition coefficient (Wildman–Crippen LogP) is 2.45. The van der Waals surface area contributed by atoms with E-state index in [4.69, 9.17) is 4.74 Å². The predicted molar refractivity (Wildman–Crippen MR) is 101 cm³/mol. The van der Waals surface area contributed by atoms with Crippen molar-refractivity contribution >= 4 is 39.1 Å². The Morgan fingerprint density at radius 1 is 1.19 bits per heavy atom. The largest absolute Gasteiger partial charge is 0.480 e. The van der Waals surface area contributed by atoms with Crippen molar-refractivity contribution in [1.29, 1.82) is 0 Å². The van der Waals surface area contributed by atoms with Crippen LogP contribution in [0.15, 0.2) is 36.1 Å². The Bertz CT molecular complexity index is 909. The van der Waals surface area contributed by atoms with Gasteiger partial charge in [-0.3, -0.25) is 5.32 Å². The zero-order valence-electron chi connectivity index (χ0n) is 14.3. The van der Waals surface area contributed by atoms with Crippen molar-refractivity contribution in [3.05, 3.63) is 36.1 Å². The first-order valence-electron chi connectivity index (χ1n) is 8.24. The molecule has 0 spiro atoms. The van der Waals surface area contributed by atoms with E-state index in [0.29, 0.717) is 24.1 Å². The number of nitrogens with one attached hydrogen (secondary N) is 1. The third-order valence-corrected chi connectivity index (χ3v) is 5.04. The van der Waals surface area contributed by atoms with Crippen LogP contribution in [0.5, 0.6) is 5.88 Å². The van der Waals surface area contributed by atoms with Crippen molar-refractivity contribution in [2.75, 3.05) is 43.5 Å². The molecule has 9 heteroatoms. The average molecular weight is 370 g/mol. The minimum absolute atomic E-state index is 0.104. The highest BCUT2D eigenvalue weighted by molar-refractivity contribution is 7.13. The molecule has 1 aliphatic heterocycles. The van der Waals surface area contributed by atoms with Gasteiger partial charge in [0.05, 0.1) is 18.0 Å². The number of methoxy groups -OCH3 is 1. The smallest absolute Gasteiger partial charge is 0.323 e. The quantitative estimate of drug-likeness (QED) is 0.762. The van der Waals surface area contributed by atoms with Crippen LogP contribution < -0.4 is 15.0 Å². The molecule has 0 atom stereocenters. The summed E-state index contributed by atoms with van der Waals surface area (Å²) in [6.07, 6.45) is 3.18. The molecule has 0 radical (unpaired) electrons. The van der Waals surface area contributed by atoms with Gasteiger partial charge >= 0.3 is 6.03 Å². The summed E-state index contributed by atoms with van der Waals surface area (Å²) in [5.41, 5.74) is 1.92. The Morgan fingerprint density at radius 2 is 2.04 bits per heavy atom. The van der Waals surface area contributed by atoms with E-state index in [1.807, 2.05) is 28.5 Å². The van der Waals surface area contributed by atoms with Gasteiger partial charge in [0.1, 0.15) is 6.33 Å². The summed E-state index contributed by atoms with van der Waals surface area (Å²) in [7, 11) is 1.61. The number of anilines is 2. The maximum Gasteiger partial charge on any atom is 0.323 e. The first-order valence-corrected chi connectivity index (χ1v) is 9.11. The number of ether oxygens (including phenoxy) is 1. The van der Waals surface area contributed by atoms with Gasteiger partial charge in [0.2, 0.25) is 5.88 Å². The highest BCUT2D eigenvalue weighted by Gasteiger charge is 2.22. The highest BCUT2D eigenvalue weighted by Crippen LogP contribution is 2.27. The first-order chi connectivity index (χ1) is 12.7. The minimum atomic E-state index is -0.104. The van der Waals surface area contributed by atoms with Crippen LogP contribution in [0.3, 0.4) is 0 Å². The number of rotatable bonds is 3. The molecule has 134 valence electrons. The lowest BCUT2D eigenvalue weighted by molar-refractivity contribution is 0.208. The van der Waals surface area contributed by atoms with E-state index < -0.39 is 0 Å². The highest BCUT2D eigenvalue weighted by atomic mass is 32.1. The SMILES string of the molecule is COc1ncnc2ccc(N3CCN(C(=O)Nc4nccs4)CC3)cc12. The zero-order chi connectivity index (χ0) is 17.9. The number of thiazole rings is 1. The number of hydrogen-bond acceptors (Lipinski definition) is 7. The van der Waals surface area contributed by atoms with Gasteiger partial charge in [0.25, 0.3) is 0 Å². The summed E-state index contributed by atoms with van der Waals surface area (Å²) in [6, 6.07) is 5.95. The molecule has 1 aromatic carbocycles. The Balaban J connectivity index is 1.44. The molecule has 1 N–H and O–H groups in total. The van der Waals surface area contributed by atoms with Crippen LogP contribution in [-0.4, -0.2) is 59.2 Å². The molecule has 0 unspecified atom stereocenters. The summed E-state index contributed by atoms with van der Waals surface area (Å²) in [5, 5.41) is 6.18. The lowest BCUT2D eigenvalue weighted by Crippen LogP contribution is -2.50. The number of nitrogens with zero attached hydrogens (tertiary/aromatic N) is 5. The molecule has 2 amide bonds. The maximum absolute atomic E-state index is 12.3. The molecule has 3 heterocycles. The van der Waals surface area contributed by atoms with Crippen molar-refractivity contribution in [2.45, 2.75) is 0 Å². The molecular weight excluding hydrogens is 352 g/mol. The number of fused-ring (bicyclic) bond motifs is 1. The van der Waals surface area contributed by atoms with E-state index in [-0.39, 0.29) is 6.03 Å². The molecule has 0 bridgehead atoms. The number of urea groups is 1. The molecular formula is C17H18N6O2S. The number of piperazine rings is 1. The van der Waals surface area contributed by atoms with Crippen molar-refractivity contribution in [1.82, 2.24) is 19.9 Å². The molecule has 1 aliphatic rings. The van der Waals surface area contributed by atoms with Gasteiger partial charge in [-0.25, -0.2) is 19.7 Å². The maximum atomic E-state index is 12.3. The lowest BCUT2D eigenvalue weighted by Gasteiger charge is -2.36. The number of carbonyl (C=O) groups excluding carboxylic acids is 1. The molecule has 1 fully saturated rings. The topological polar surface area (TPSA) is 83.5 Å². The van der Waals surface area contributed by atoms with E-state index in [9.17, 15) is 4.79 Å². The fraction of sp³-hybridized carbons (Fsp3) is 0.294. The van der Waals surface area contributed by atoms with E-state index >= 15 is 0 Å². The fourth-order valence-corrected chi connectivity index (χ4v) is 3.52. The van der Waals surface area contributed by atoms with Crippen LogP contribution in [0.4, 0.5) is 15.6 Å². The number of carbonyl (C=O) groups is 1. The van der Waals surface area contributed by atoms with Crippen molar-refractivity contribution in [2.24, 2.45) is 0 Å². The van der Waals surface area contributed by atoms with Gasteiger partial charge in [0, 0.05) is 43.4 Å². The number of hydrogen-bond donors (Lipinski definition) is 1. The molecule has 26 heavy (non-hydrogen) atoms. The average Bonchev–Trinajstić information content (AvgIpc) is 3.20. The monoisotopic (exact) mass is 370 g/mol. The van der Waals surface area contributed by atoms with Gasteiger partial charge in [0.15, 0.2) is 5.13 Å². The minimum Gasteiger partial charge on any atom is -0.480 e. The molecule has 4 rings (SSSR count). The second-order valence-corrected chi connectivity index (χ2v) is 6.72. The molecule has 8 nitrogen and oxygen atoms in total. The van der Waals surface area contributed by atoms with E-state index in [1.54, 1.807) is 13.3 Å². The van der Waals surface area contributed by atoms with Crippen LogP contribution >= 0.6 is 11.3 Å². The molecule has 0 aliphatic carbocycles. The first kappa shape index (κ1) is 16.5. The number of aromatic nitrogens is 3. The van der Waals surface area contributed by atoms with Crippen LogP contribution in [0, 0.1) is 0 Å². The summed E-state index contributed by atoms with van der Waals surface area (Å²) in [5.74, 6) is 0.568. The summed E-state index contributed by atoms with van der Waals surface area (Å²) in [4.78, 5) is 28.9. The lowest BCUT2D eigenvalue weighted by atomic mass is 10.2. The van der Waals surface area contributed by atoms with Gasteiger partial charge in [-0.05, 0) is 18.2 Å². The van der Waals surface area contributed by atoms with E-state index in [0.717, 1.165) is 29.7 Å². The van der Waals surface area contributed by atoms with Crippen LogP contribution in [0.2, 0.25) is 0 Å². The Labute approximate surface area is 154 Å². The van der Waals surface area contributed by atoms with Crippen molar-refractivity contribution in [3.63, 3.8) is 0 Å². The third kappa shape index (κ3) is 3.25. The Hall–Kier alpha value is -2.94. The zero-order valence-corrected chi connectivity index (χ0v) is 15.1. The number of benzene rings is 1. The summed E-state index contributed by atoms with van der Waals surface area (Å²) >= 11 is 1.41. The molecule has 3 aromatic rings. The van der Waals surface area contributed by atoms with Crippen molar-refractivity contribution in [3.8, 4) is 5.88 Å². The Morgan fingerprint density at radius 3 is 2.77 bits per heavy atom. The molecule has 2 aromatic heterocycles. The second-order valence-electron chi connectivity index (χ2n) is 5.83. The van der Waals surface area contributed by atoms with Crippen molar-refractivity contribution < 1.29 is 9.53 Å². The normalized spacial score (nSPS) is 14.5. The van der Waals surface area contributed by atoms with Gasteiger partial charge < -0.3 is 14.5 Å². The number of amides is 2. The summed E-state index contributed by atoms with van der Waals surface area (Å²) < 4.78 is 5.33. The fourth-order valence-electron chi connectivity index (χ4n) is 3.00. The second kappa shape index (κ2) is 7.12. The van der Waals surface area contributed by atoms with E-state index in [2.05, 4.69) is 25.2 Å². The van der Waals surface area contributed by atoms with Crippen LogP contribution in [0.1, 0.15) is 0 Å². The van der Waals surface area contributed by atoms with E-state index in [1.165, 1.54) is 17.7 Å². The van der Waals surface area contributed by atoms with Gasteiger partial charge in [-0.2, -0.15) is 0 Å². The third-order valence-electron chi connectivity index (χ3n) is 4.35.